The number of pyridine rings is 1. The third-order valence-corrected chi connectivity index (χ3v) is 4.01. The van der Waals surface area contributed by atoms with E-state index in [1.165, 1.54) is 6.07 Å². The van der Waals surface area contributed by atoms with Gasteiger partial charge in [-0.15, -0.1) is 0 Å². The van der Waals surface area contributed by atoms with E-state index in [9.17, 15) is 4.39 Å². The summed E-state index contributed by atoms with van der Waals surface area (Å²) in [5.74, 6) is -0.243. The van der Waals surface area contributed by atoms with Crippen molar-refractivity contribution in [1.82, 2.24) is 4.98 Å². The highest BCUT2D eigenvalue weighted by molar-refractivity contribution is 9.10. The van der Waals surface area contributed by atoms with Gasteiger partial charge in [0.1, 0.15) is 5.82 Å². The molecular formula is C17H14BrFN2. The number of fused-ring (bicyclic) bond motifs is 1. The predicted octanol–water partition coefficient (Wildman–Crippen LogP) is 4.38. The molecule has 4 heteroatoms. The van der Waals surface area contributed by atoms with E-state index in [0.29, 0.717) is 12.0 Å². The third kappa shape index (κ3) is 2.96. The van der Waals surface area contributed by atoms with Crippen LogP contribution in [0.3, 0.4) is 0 Å². The molecule has 2 nitrogen and oxygen atoms in total. The van der Waals surface area contributed by atoms with Gasteiger partial charge in [-0.2, -0.15) is 0 Å². The van der Waals surface area contributed by atoms with Crippen LogP contribution >= 0.6 is 15.9 Å². The Morgan fingerprint density at radius 2 is 1.95 bits per heavy atom. The molecular weight excluding hydrogens is 331 g/mol. The molecule has 1 unspecified atom stereocenters. The van der Waals surface area contributed by atoms with E-state index in [0.717, 1.165) is 20.9 Å². The van der Waals surface area contributed by atoms with Crippen molar-refractivity contribution in [2.24, 2.45) is 5.73 Å². The second kappa shape index (κ2) is 5.92. The average molecular weight is 345 g/mol. The molecule has 21 heavy (non-hydrogen) atoms. The molecule has 3 rings (SSSR count). The number of nitrogens with two attached hydrogens (primary N) is 1. The van der Waals surface area contributed by atoms with Gasteiger partial charge in [-0.3, -0.25) is 4.98 Å². The molecule has 0 bridgehead atoms. The summed E-state index contributed by atoms with van der Waals surface area (Å²) in [7, 11) is 0. The summed E-state index contributed by atoms with van der Waals surface area (Å²) < 4.78 is 14.7. The molecule has 1 atom stereocenters. The summed E-state index contributed by atoms with van der Waals surface area (Å²) in [5, 5.41) is 1.04. The molecule has 0 amide bonds. The van der Waals surface area contributed by atoms with Gasteiger partial charge in [-0.25, -0.2) is 4.39 Å². The lowest BCUT2D eigenvalue weighted by Crippen LogP contribution is -2.15. The second-order valence-electron chi connectivity index (χ2n) is 4.97. The summed E-state index contributed by atoms with van der Waals surface area (Å²) in [6, 6.07) is 14.6. The molecule has 0 aliphatic heterocycles. The van der Waals surface area contributed by atoms with Crippen LogP contribution < -0.4 is 5.73 Å². The van der Waals surface area contributed by atoms with Gasteiger partial charge in [-0.1, -0.05) is 46.3 Å². The molecule has 106 valence electrons. The molecule has 0 saturated carbocycles. The van der Waals surface area contributed by atoms with E-state index in [1.807, 2.05) is 36.4 Å². The maximum atomic E-state index is 13.9. The monoisotopic (exact) mass is 344 g/mol. The first kappa shape index (κ1) is 14.2. The SMILES string of the molecule is NC(Cc1ccc(Br)cc1F)c1cccc2cccnc12. The maximum absolute atomic E-state index is 13.9. The van der Waals surface area contributed by atoms with Gasteiger partial charge >= 0.3 is 0 Å². The number of nitrogens with zero attached hydrogens (tertiary/aromatic N) is 1. The first-order valence-corrected chi connectivity index (χ1v) is 7.47. The Morgan fingerprint density at radius 3 is 2.76 bits per heavy atom. The van der Waals surface area contributed by atoms with Crippen LogP contribution in [0.5, 0.6) is 0 Å². The first-order chi connectivity index (χ1) is 10.1. The van der Waals surface area contributed by atoms with Crippen LogP contribution in [0, 0.1) is 5.82 Å². The lowest BCUT2D eigenvalue weighted by atomic mass is 9.97. The fourth-order valence-corrected chi connectivity index (χ4v) is 2.79. The summed E-state index contributed by atoms with van der Waals surface area (Å²) in [6.07, 6.45) is 2.19. The van der Waals surface area contributed by atoms with Crippen molar-refractivity contribution in [1.29, 1.82) is 0 Å². The van der Waals surface area contributed by atoms with Gasteiger partial charge < -0.3 is 5.73 Å². The minimum Gasteiger partial charge on any atom is -0.324 e. The van der Waals surface area contributed by atoms with Crippen LogP contribution in [0.2, 0.25) is 0 Å². The zero-order valence-electron chi connectivity index (χ0n) is 11.3. The Kier molecular flexibility index (Phi) is 3.99. The Labute approximate surface area is 130 Å². The van der Waals surface area contributed by atoms with E-state index >= 15 is 0 Å². The van der Waals surface area contributed by atoms with Gasteiger partial charge in [0.15, 0.2) is 0 Å². The molecule has 0 saturated heterocycles. The highest BCUT2D eigenvalue weighted by atomic mass is 79.9. The number of benzene rings is 2. The number of rotatable bonds is 3. The number of para-hydroxylation sites is 1. The number of hydrogen-bond donors (Lipinski definition) is 1. The van der Waals surface area contributed by atoms with Crippen molar-refractivity contribution in [2.45, 2.75) is 12.5 Å². The largest absolute Gasteiger partial charge is 0.324 e. The normalized spacial score (nSPS) is 12.5. The lowest BCUT2D eigenvalue weighted by Gasteiger charge is -2.14. The summed E-state index contributed by atoms with van der Waals surface area (Å²) >= 11 is 3.26. The molecule has 0 spiro atoms. The van der Waals surface area contributed by atoms with Crippen LogP contribution in [-0.2, 0) is 6.42 Å². The van der Waals surface area contributed by atoms with Crippen LogP contribution in [0.1, 0.15) is 17.2 Å². The highest BCUT2D eigenvalue weighted by Gasteiger charge is 2.13. The smallest absolute Gasteiger partial charge is 0.127 e. The highest BCUT2D eigenvalue weighted by Crippen LogP contribution is 2.25. The van der Waals surface area contributed by atoms with Gasteiger partial charge in [-0.05, 0) is 35.7 Å². The van der Waals surface area contributed by atoms with Gasteiger partial charge in [0.05, 0.1) is 5.52 Å². The quantitative estimate of drug-likeness (QED) is 0.765. The Morgan fingerprint density at radius 1 is 1.14 bits per heavy atom. The van der Waals surface area contributed by atoms with Gasteiger partial charge in [0.2, 0.25) is 0 Å². The van der Waals surface area contributed by atoms with Crippen molar-refractivity contribution in [3.05, 3.63) is 76.1 Å². The van der Waals surface area contributed by atoms with Gasteiger partial charge in [0, 0.05) is 22.1 Å². The maximum Gasteiger partial charge on any atom is 0.127 e. The van der Waals surface area contributed by atoms with E-state index in [1.54, 1.807) is 12.3 Å². The Hall–Kier alpha value is -1.78. The molecule has 1 aromatic heterocycles. The lowest BCUT2D eigenvalue weighted by molar-refractivity contribution is 0.593. The fraction of sp³-hybridized carbons (Fsp3) is 0.118. The first-order valence-electron chi connectivity index (χ1n) is 6.68. The average Bonchev–Trinajstić information content (AvgIpc) is 2.49. The van der Waals surface area contributed by atoms with Crippen LogP contribution in [0.25, 0.3) is 10.9 Å². The zero-order valence-corrected chi connectivity index (χ0v) is 12.8. The Bertz CT molecular complexity index is 783. The summed E-state index contributed by atoms with van der Waals surface area (Å²) in [4.78, 5) is 4.40. The topological polar surface area (TPSA) is 38.9 Å². The second-order valence-corrected chi connectivity index (χ2v) is 5.88. The molecule has 3 aromatic rings. The Balaban J connectivity index is 1.95. The van der Waals surface area contributed by atoms with E-state index < -0.39 is 0 Å². The molecule has 2 aromatic carbocycles. The molecule has 0 radical (unpaired) electrons. The van der Waals surface area contributed by atoms with Crippen molar-refractivity contribution >= 4 is 26.8 Å². The summed E-state index contributed by atoms with van der Waals surface area (Å²) in [6.45, 7) is 0. The molecule has 0 fully saturated rings. The van der Waals surface area contributed by atoms with Crippen LogP contribution in [-0.4, -0.2) is 4.98 Å². The van der Waals surface area contributed by atoms with Crippen LogP contribution in [0.4, 0.5) is 4.39 Å². The van der Waals surface area contributed by atoms with E-state index in [-0.39, 0.29) is 11.9 Å². The summed E-state index contributed by atoms with van der Waals surface area (Å²) in [5.41, 5.74) is 8.71. The van der Waals surface area contributed by atoms with Crippen molar-refractivity contribution < 1.29 is 4.39 Å². The molecule has 2 N–H and O–H groups in total. The van der Waals surface area contributed by atoms with Gasteiger partial charge in [0.25, 0.3) is 0 Å². The fourth-order valence-electron chi connectivity index (χ4n) is 2.46. The third-order valence-electron chi connectivity index (χ3n) is 3.52. The van der Waals surface area contributed by atoms with E-state index in [4.69, 9.17) is 5.73 Å². The standard InChI is InChI=1S/C17H14BrFN2/c18-13-7-6-12(15(19)10-13)9-16(20)14-5-1-3-11-4-2-8-21-17(11)14/h1-8,10,16H,9,20H2. The number of halogens is 2. The molecule has 0 aliphatic rings. The number of aromatic nitrogens is 1. The molecule has 0 aliphatic carbocycles. The minimum absolute atomic E-state index is 0.243. The zero-order chi connectivity index (χ0) is 14.8. The number of hydrogen-bond acceptors (Lipinski definition) is 2. The minimum atomic E-state index is -0.292. The van der Waals surface area contributed by atoms with Crippen molar-refractivity contribution in [3.63, 3.8) is 0 Å². The van der Waals surface area contributed by atoms with Crippen LogP contribution in [0.15, 0.2) is 59.2 Å². The van der Waals surface area contributed by atoms with E-state index in [2.05, 4.69) is 20.9 Å². The van der Waals surface area contributed by atoms with Crippen molar-refractivity contribution in [2.75, 3.05) is 0 Å². The predicted molar refractivity (Wildman–Crippen MR) is 86.5 cm³/mol. The molecule has 1 heterocycles. The van der Waals surface area contributed by atoms with Crippen molar-refractivity contribution in [3.8, 4) is 0 Å².